The highest BCUT2D eigenvalue weighted by Gasteiger charge is 2.13. The summed E-state index contributed by atoms with van der Waals surface area (Å²) in [6.45, 7) is 3.96. The van der Waals surface area contributed by atoms with Gasteiger partial charge in [-0.25, -0.2) is 4.79 Å². The Morgan fingerprint density at radius 2 is 1.83 bits per heavy atom. The van der Waals surface area contributed by atoms with Crippen LogP contribution in [0.25, 0.3) is 22.0 Å². The van der Waals surface area contributed by atoms with Gasteiger partial charge in [0.05, 0.1) is 18.2 Å². The van der Waals surface area contributed by atoms with Crippen LogP contribution < -0.4 is 0 Å². The van der Waals surface area contributed by atoms with Crippen LogP contribution in [0.3, 0.4) is 0 Å². The fraction of sp³-hybridized carbons (Fsp3) is 0.158. The number of hydrogen-bond acceptors (Lipinski definition) is 3. The fourth-order valence-electron chi connectivity index (χ4n) is 2.83. The highest BCUT2D eigenvalue weighted by Crippen LogP contribution is 2.33. The molecule has 0 bridgehead atoms. The number of rotatable bonds is 2. The first-order valence-electron chi connectivity index (χ1n) is 7.25. The van der Waals surface area contributed by atoms with Crippen LogP contribution >= 0.6 is 11.6 Å². The van der Waals surface area contributed by atoms with E-state index in [1.54, 1.807) is 12.3 Å². The summed E-state index contributed by atoms with van der Waals surface area (Å²) >= 11 is 6.06. The second-order valence-corrected chi connectivity index (χ2v) is 5.94. The van der Waals surface area contributed by atoms with E-state index in [0.717, 1.165) is 33.2 Å². The second-order valence-electron chi connectivity index (χ2n) is 5.50. The molecule has 23 heavy (non-hydrogen) atoms. The van der Waals surface area contributed by atoms with Crippen molar-refractivity contribution in [3.8, 4) is 11.1 Å². The van der Waals surface area contributed by atoms with Gasteiger partial charge in [0.15, 0.2) is 0 Å². The molecule has 0 aliphatic rings. The van der Waals surface area contributed by atoms with Crippen molar-refractivity contribution in [2.24, 2.45) is 0 Å². The van der Waals surface area contributed by atoms with E-state index in [1.807, 2.05) is 44.2 Å². The van der Waals surface area contributed by atoms with Crippen LogP contribution in [0.15, 0.2) is 42.6 Å². The molecule has 1 heterocycles. The van der Waals surface area contributed by atoms with Crippen LogP contribution in [0.5, 0.6) is 0 Å². The minimum absolute atomic E-state index is 0.349. The average molecular weight is 326 g/mol. The van der Waals surface area contributed by atoms with E-state index < -0.39 is 0 Å². The number of aryl methyl sites for hydroxylation is 2. The summed E-state index contributed by atoms with van der Waals surface area (Å²) in [5.41, 5.74) is 5.52. The highest BCUT2D eigenvalue weighted by molar-refractivity contribution is 6.30. The standard InChI is InChI=1S/C19H16ClNO2/c1-11-9-14(20)4-5-15(11)16-6-7-21-18-12(2)8-13(10-17(16)18)19(22)23-3/h4-10H,1-3H3. The van der Waals surface area contributed by atoms with E-state index in [4.69, 9.17) is 16.3 Å². The molecule has 0 fully saturated rings. The van der Waals surface area contributed by atoms with Gasteiger partial charge in [-0.1, -0.05) is 17.7 Å². The zero-order valence-corrected chi connectivity index (χ0v) is 13.9. The van der Waals surface area contributed by atoms with Crippen molar-refractivity contribution in [1.82, 2.24) is 4.98 Å². The zero-order chi connectivity index (χ0) is 16.6. The Labute approximate surface area is 139 Å². The van der Waals surface area contributed by atoms with Crippen molar-refractivity contribution in [3.63, 3.8) is 0 Å². The molecule has 0 radical (unpaired) electrons. The Bertz CT molecular complexity index is 919. The number of fused-ring (bicyclic) bond motifs is 1. The largest absolute Gasteiger partial charge is 0.465 e. The van der Waals surface area contributed by atoms with Crippen LogP contribution in [-0.4, -0.2) is 18.1 Å². The molecule has 116 valence electrons. The summed E-state index contributed by atoms with van der Waals surface area (Å²) in [4.78, 5) is 16.4. The van der Waals surface area contributed by atoms with Gasteiger partial charge in [0.25, 0.3) is 0 Å². The monoisotopic (exact) mass is 325 g/mol. The van der Waals surface area contributed by atoms with Gasteiger partial charge in [0, 0.05) is 16.6 Å². The van der Waals surface area contributed by atoms with Gasteiger partial charge in [-0.3, -0.25) is 4.98 Å². The van der Waals surface area contributed by atoms with Crippen LogP contribution in [0.4, 0.5) is 0 Å². The molecule has 2 aromatic carbocycles. The molecular formula is C19H16ClNO2. The van der Waals surface area contributed by atoms with Gasteiger partial charge in [-0.05, 0) is 66.4 Å². The average Bonchev–Trinajstić information content (AvgIpc) is 2.54. The van der Waals surface area contributed by atoms with Gasteiger partial charge in [-0.15, -0.1) is 0 Å². The van der Waals surface area contributed by atoms with Gasteiger partial charge in [0.1, 0.15) is 0 Å². The number of hydrogen-bond donors (Lipinski definition) is 0. The molecule has 0 atom stereocenters. The van der Waals surface area contributed by atoms with Crippen molar-refractivity contribution < 1.29 is 9.53 Å². The molecule has 4 heteroatoms. The summed E-state index contributed by atoms with van der Waals surface area (Å²) < 4.78 is 4.85. The van der Waals surface area contributed by atoms with Crippen LogP contribution in [0.1, 0.15) is 21.5 Å². The Morgan fingerprint density at radius 1 is 1.04 bits per heavy atom. The van der Waals surface area contributed by atoms with E-state index in [2.05, 4.69) is 4.98 Å². The van der Waals surface area contributed by atoms with E-state index in [9.17, 15) is 4.79 Å². The Balaban J connectivity index is 2.33. The van der Waals surface area contributed by atoms with E-state index in [-0.39, 0.29) is 5.97 Å². The minimum Gasteiger partial charge on any atom is -0.465 e. The maximum Gasteiger partial charge on any atom is 0.337 e. The quantitative estimate of drug-likeness (QED) is 0.625. The molecule has 0 spiro atoms. The maximum atomic E-state index is 11.9. The van der Waals surface area contributed by atoms with Crippen LogP contribution in [0, 0.1) is 13.8 Å². The molecule has 0 saturated heterocycles. The lowest BCUT2D eigenvalue weighted by Crippen LogP contribution is -2.02. The number of benzene rings is 2. The van der Waals surface area contributed by atoms with Gasteiger partial charge in [-0.2, -0.15) is 0 Å². The fourth-order valence-corrected chi connectivity index (χ4v) is 3.06. The molecule has 0 unspecified atom stereocenters. The van der Waals surface area contributed by atoms with Crippen molar-refractivity contribution in [2.75, 3.05) is 7.11 Å². The molecule has 1 aromatic heterocycles. The zero-order valence-electron chi connectivity index (χ0n) is 13.2. The SMILES string of the molecule is COC(=O)c1cc(C)c2nccc(-c3ccc(Cl)cc3C)c2c1. The Kier molecular flexibility index (Phi) is 4.05. The van der Waals surface area contributed by atoms with Gasteiger partial charge >= 0.3 is 5.97 Å². The van der Waals surface area contributed by atoms with Crippen molar-refractivity contribution in [2.45, 2.75) is 13.8 Å². The molecule has 3 rings (SSSR count). The number of carbonyl (C=O) groups excluding carboxylic acids is 1. The lowest BCUT2D eigenvalue weighted by Gasteiger charge is -2.12. The summed E-state index contributed by atoms with van der Waals surface area (Å²) in [7, 11) is 1.38. The summed E-state index contributed by atoms with van der Waals surface area (Å²) in [5.74, 6) is -0.349. The van der Waals surface area contributed by atoms with Gasteiger partial charge in [0.2, 0.25) is 0 Å². The number of aromatic nitrogens is 1. The van der Waals surface area contributed by atoms with Gasteiger partial charge < -0.3 is 4.74 Å². The molecule has 3 aromatic rings. The molecule has 0 aliphatic carbocycles. The summed E-state index contributed by atoms with van der Waals surface area (Å²) in [6, 6.07) is 11.4. The maximum absolute atomic E-state index is 11.9. The topological polar surface area (TPSA) is 39.2 Å². The lowest BCUT2D eigenvalue weighted by molar-refractivity contribution is 0.0601. The first kappa shape index (κ1) is 15.5. The van der Waals surface area contributed by atoms with E-state index in [0.29, 0.717) is 10.6 Å². The number of pyridine rings is 1. The second kappa shape index (κ2) is 6.01. The molecular weight excluding hydrogens is 310 g/mol. The normalized spacial score (nSPS) is 10.8. The van der Waals surface area contributed by atoms with Crippen LogP contribution in [-0.2, 0) is 4.74 Å². The third kappa shape index (κ3) is 2.80. The lowest BCUT2D eigenvalue weighted by atomic mass is 9.95. The smallest absolute Gasteiger partial charge is 0.337 e. The summed E-state index contributed by atoms with van der Waals surface area (Å²) in [6.07, 6.45) is 1.79. The molecule has 0 aliphatic heterocycles. The van der Waals surface area contributed by atoms with Crippen molar-refractivity contribution in [1.29, 1.82) is 0 Å². The predicted octanol–water partition coefficient (Wildman–Crippen LogP) is 4.96. The number of esters is 1. The van der Waals surface area contributed by atoms with Crippen LogP contribution in [0.2, 0.25) is 5.02 Å². The molecule has 0 amide bonds. The highest BCUT2D eigenvalue weighted by atomic mass is 35.5. The predicted molar refractivity (Wildman–Crippen MR) is 93.0 cm³/mol. The third-order valence-corrected chi connectivity index (χ3v) is 4.17. The Hall–Kier alpha value is -2.39. The molecule has 0 N–H and O–H groups in total. The van der Waals surface area contributed by atoms with E-state index in [1.165, 1.54) is 7.11 Å². The first-order chi connectivity index (χ1) is 11.0. The molecule has 3 nitrogen and oxygen atoms in total. The Morgan fingerprint density at radius 3 is 2.52 bits per heavy atom. The molecule has 0 saturated carbocycles. The van der Waals surface area contributed by atoms with Crippen molar-refractivity contribution >= 4 is 28.5 Å². The first-order valence-corrected chi connectivity index (χ1v) is 7.63. The number of ether oxygens (including phenoxy) is 1. The van der Waals surface area contributed by atoms with E-state index >= 15 is 0 Å². The minimum atomic E-state index is -0.349. The number of methoxy groups -OCH3 is 1. The third-order valence-electron chi connectivity index (χ3n) is 3.94. The number of nitrogens with zero attached hydrogens (tertiary/aromatic N) is 1. The number of halogens is 1. The summed E-state index contributed by atoms with van der Waals surface area (Å²) in [5, 5.41) is 1.63. The number of carbonyl (C=O) groups is 1. The van der Waals surface area contributed by atoms with Crippen molar-refractivity contribution in [3.05, 3.63) is 64.3 Å².